The molecule has 6 nitrogen and oxygen atoms in total. The number of ether oxygens (including phenoxy) is 2. The van der Waals surface area contributed by atoms with Crippen LogP contribution in [0.25, 0.3) is 0 Å². The third-order valence-electron chi connectivity index (χ3n) is 3.73. The molecule has 0 saturated carbocycles. The number of rotatable bonds is 7. The fourth-order valence-corrected chi connectivity index (χ4v) is 2.58. The first-order valence-corrected chi connectivity index (χ1v) is 8.36. The van der Waals surface area contributed by atoms with E-state index in [9.17, 15) is 19.8 Å². The van der Waals surface area contributed by atoms with Crippen LogP contribution in [0.2, 0.25) is 0 Å². The molecule has 0 aliphatic heterocycles. The van der Waals surface area contributed by atoms with E-state index in [1.54, 1.807) is 24.3 Å². The fraction of sp³-hybridized carbons (Fsp3) is 0.300. The molecule has 0 fully saturated rings. The van der Waals surface area contributed by atoms with E-state index in [1.807, 2.05) is 12.1 Å². The Bertz CT molecular complexity index is 729. The number of phenols is 2. The molecular weight excluding hydrogens is 336 g/mol. The molecule has 0 heterocycles. The molecule has 2 rings (SSSR count). The van der Waals surface area contributed by atoms with Crippen molar-refractivity contribution in [2.24, 2.45) is 0 Å². The van der Waals surface area contributed by atoms with Crippen molar-refractivity contribution < 1.29 is 29.3 Å². The lowest BCUT2D eigenvalue weighted by molar-refractivity contribution is -0.132. The Hall–Kier alpha value is -3.02. The Labute approximate surface area is 152 Å². The Morgan fingerprint density at radius 1 is 0.769 bits per heavy atom. The van der Waals surface area contributed by atoms with E-state index in [-0.39, 0.29) is 23.0 Å². The Kier molecular flexibility index (Phi) is 6.60. The van der Waals surface area contributed by atoms with E-state index >= 15 is 0 Å². The average Bonchev–Trinajstić information content (AvgIpc) is 2.55. The van der Waals surface area contributed by atoms with Gasteiger partial charge in [-0.1, -0.05) is 12.1 Å². The second kappa shape index (κ2) is 8.89. The minimum Gasteiger partial charge on any atom is -0.504 e. The maximum atomic E-state index is 10.9. The predicted octanol–water partition coefficient (Wildman–Crippen LogP) is 3.51. The minimum absolute atomic E-state index is 0.0521. The smallest absolute Gasteiger partial charge is 0.308 e. The molecule has 0 saturated heterocycles. The van der Waals surface area contributed by atoms with Crippen LogP contribution >= 0.6 is 0 Å². The lowest BCUT2D eigenvalue weighted by atomic mass is 10.0. The summed E-state index contributed by atoms with van der Waals surface area (Å²) in [7, 11) is 0. The zero-order valence-electron chi connectivity index (χ0n) is 14.8. The van der Waals surface area contributed by atoms with Crippen molar-refractivity contribution in [2.45, 2.75) is 39.5 Å². The molecule has 2 aromatic carbocycles. The Balaban J connectivity index is 1.83. The minimum atomic E-state index is -0.476. The zero-order valence-corrected chi connectivity index (χ0v) is 14.8. The number of carbonyl (C=O) groups excluding carboxylic acids is 2. The van der Waals surface area contributed by atoms with Crippen molar-refractivity contribution in [3.05, 3.63) is 47.5 Å². The van der Waals surface area contributed by atoms with Gasteiger partial charge in [0.15, 0.2) is 23.0 Å². The van der Waals surface area contributed by atoms with Gasteiger partial charge in [0, 0.05) is 13.8 Å². The molecule has 138 valence electrons. The van der Waals surface area contributed by atoms with Crippen LogP contribution in [0.5, 0.6) is 23.0 Å². The second-order valence-electron chi connectivity index (χ2n) is 6.00. The summed E-state index contributed by atoms with van der Waals surface area (Å²) in [4.78, 5) is 21.8. The van der Waals surface area contributed by atoms with Crippen molar-refractivity contribution in [1.29, 1.82) is 0 Å². The number of benzene rings is 2. The van der Waals surface area contributed by atoms with Crippen LogP contribution in [-0.2, 0) is 22.4 Å². The molecule has 2 aromatic rings. The van der Waals surface area contributed by atoms with Crippen LogP contribution in [-0.4, -0.2) is 22.2 Å². The molecule has 0 atom stereocenters. The van der Waals surface area contributed by atoms with Gasteiger partial charge in [-0.3, -0.25) is 9.59 Å². The Morgan fingerprint density at radius 2 is 1.15 bits per heavy atom. The Morgan fingerprint density at radius 3 is 1.46 bits per heavy atom. The molecule has 0 aromatic heterocycles. The molecule has 0 unspecified atom stereocenters. The summed E-state index contributed by atoms with van der Waals surface area (Å²) < 4.78 is 9.77. The molecule has 6 heteroatoms. The molecule has 0 bridgehead atoms. The summed E-state index contributed by atoms with van der Waals surface area (Å²) in [5.41, 5.74) is 1.90. The largest absolute Gasteiger partial charge is 0.504 e. The first kappa shape index (κ1) is 19.3. The van der Waals surface area contributed by atoms with Gasteiger partial charge < -0.3 is 19.7 Å². The average molecular weight is 358 g/mol. The van der Waals surface area contributed by atoms with Gasteiger partial charge in [-0.25, -0.2) is 0 Å². The van der Waals surface area contributed by atoms with Gasteiger partial charge >= 0.3 is 11.9 Å². The van der Waals surface area contributed by atoms with Crippen LogP contribution < -0.4 is 9.47 Å². The molecule has 0 spiro atoms. The normalized spacial score (nSPS) is 10.4. The van der Waals surface area contributed by atoms with Gasteiger partial charge in [0.2, 0.25) is 0 Å². The highest BCUT2D eigenvalue weighted by Gasteiger charge is 2.08. The maximum Gasteiger partial charge on any atom is 0.308 e. The summed E-state index contributed by atoms with van der Waals surface area (Å²) >= 11 is 0. The van der Waals surface area contributed by atoms with Crippen molar-refractivity contribution in [1.82, 2.24) is 0 Å². The van der Waals surface area contributed by atoms with Gasteiger partial charge in [0.05, 0.1) is 0 Å². The number of phenolic OH excluding ortho intramolecular Hbond substituents is 2. The van der Waals surface area contributed by atoms with E-state index in [2.05, 4.69) is 0 Å². The van der Waals surface area contributed by atoms with Crippen LogP contribution in [0.1, 0.15) is 37.8 Å². The summed E-state index contributed by atoms with van der Waals surface area (Å²) in [5.74, 6) is -0.742. The number of hydrogen-bond acceptors (Lipinski definition) is 6. The summed E-state index contributed by atoms with van der Waals surface area (Å²) in [5, 5.41) is 19.7. The van der Waals surface area contributed by atoms with Gasteiger partial charge in [-0.2, -0.15) is 0 Å². The first-order chi connectivity index (χ1) is 12.3. The molecule has 2 N–H and O–H groups in total. The maximum absolute atomic E-state index is 10.9. The third-order valence-corrected chi connectivity index (χ3v) is 3.73. The van der Waals surface area contributed by atoms with Crippen molar-refractivity contribution >= 4 is 11.9 Å². The van der Waals surface area contributed by atoms with Crippen LogP contribution in [0.3, 0.4) is 0 Å². The van der Waals surface area contributed by atoms with Gasteiger partial charge in [-0.15, -0.1) is 0 Å². The molecule has 0 aliphatic carbocycles. The van der Waals surface area contributed by atoms with E-state index in [1.165, 1.54) is 13.8 Å². The highest BCUT2D eigenvalue weighted by atomic mass is 16.5. The molecule has 0 radical (unpaired) electrons. The zero-order chi connectivity index (χ0) is 19.1. The molecule has 0 aliphatic rings. The van der Waals surface area contributed by atoms with Gasteiger partial charge in [0.25, 0.3) is 0 Å². The summed E-state index contributed by atoms with van der Waals surface area (Å²) in [6, 6.07) is 9.99. The SMILES string of the molecule is CC(=O)Oc1ccc(CCCCc2ccc(OC(C)=O)c(O)c2)cc1O. The number of unbranched alkanes of at least 4 members (excludes halogenated alkanes) is 1. The first-order valence-electron chi connectivity index (χ1n) is 8.36. The van der Waals surface area contributed by atoms with Crippen LogP contribution in [0.15, 0.2) is 36.4 Å². The highest BCUT2D eigenvalue weighted by Crippen LogP contribution is 2.29. The molecular formula is C20H22O6. The van der Waals surface area contributed by atoms with Gasteiger partial charge in [-0.05, 0) is 61.1 Å². The van der Waals surface area contributed by atoms with Crippen LogP contribution in [0.4, 0.5) is 0 Å². The predicted molar refractivity (Wildman–Crippen MR) is 95.5 cm³/mol. The van der Waals surface area contributed by atoms with Gasteiger partial charge in [0.1, 0.15) is 0 Å². The molecule has 0 amide bonds. The second-order valence-corrected chi connectivity index (χ2v) is 6.00. The van der Waals surface area contributed by atoms with E-state index in [4.69, 9.17) is 9.47 Å². The summed E-state index contributed by atoms with van der Waals surface area (Å²) in [6.07, 6.45) is 3.31. The number of aryl methyl sites for hydroxylation is 2. The van der Waals surface area contributed by atoms with E-state index in [0.29, 0.717) is 0 Å². The number of carbonyl (C=O) groups is 2. The lowest BCUT2D eigenvalue weighted by Gasteiger charge is -2.08. The van der Waals surface area contributed by atoms with Crippen LogP contribution in [0, 0.1) is 0 Å². The highest BCUT2D eigenvalue weighted by molar-refractivity contribution is 5.70. The summed E-state index contributed by atoms with van der Waals surface area (Å²) in [6.45, 7) is 2.56. The number of hydrogen-bond donors (Lipinski definition) is 2. The lowest BCUT2D eigenvalue weighted by Crippen LogP contribution is -2.02. The van der Waals surface area contributed by atoms with Crippen molar-refractivity contribution in [3.63, 3.8) is 0 Å². The topological polar surface area (TPSA) is 93.1 Å². The third kappa shape index (κ3) is 5.81. The van der Waals surface area contributed by atoms with Crippen molar-refractivity contribution in [3.8, 4) is 23.0 Å². The fourth-order valence-electron chi connectivity index (χ4n) is 2.58. The van der Waals surface area contributed by atoms with E-state index < -0.39 is 11.9 Å². The van der Waals surface area contributed by atoms with E-state index in [0.717, 1.165) is 36.8 Å². The number of aromatic hydroxyl groups is 2. The standard InChI is InChI=1S/C20H22O6/c1-13(21)25-19-9-7-15(11-17(19)23)5-3-4-6-16-8-10-20(18(24)12-16)26-14(2)22/h7-12,23-24H,3-6H2,1-2H3. The monoisotopic (exact) mass is 358 g/mol. The van der Waals surface area contributed by atoms with Crippen molar-refractivity contribution in [2.75, 3.05) is 0 Å². The molecule has 26 heavy (non-hydrogen) atoms. The number of esters is 2. The quantitative estimate of drug-likeness (QED) is 0.447.